The van der Waals surface area contributed by atoms with Crippen molar-refractivity contribution in [1.82, 2.24) is 25.5 Å². The molecule has 2 aromatic carbocycles. The lowest BCUT2D eigenvalue weighted by atomic mass is 9.81. The molecule has 2 aliphatic heterocycles. The molecule has 5 atom stereocenters. The van der Waals surface area contributed by atoms with Gasteiger partial charge in [-0.05, 0) is 79.5 Å². The third-order valence-electron chi connectivity index (χ3n) is 11.7. The third kappa shape index (κ3) is 7.36. The summed E-state index contributed by atoms with van der Waals surface area (Å²) < 4.78 is 27.9. The Morgan fingerprint density at radius 2 is 1.78 bits per heavy atom. The number of amides is 4. The molecule has 4 aromatic rings. The topological polar surface area (TPSA) is 233 Å². The number of fused-ring (bicyclic) bond motifs is 5. The van der Waals surface area contributed by atoms with Gasteiger partial charge < -0.3 is 46.1 Å². The Balaban J connectivity index is 1.11. The summed E-state index contributed by atoms with van der Waals surface area (Å²) >= 11 is 0. The predicted molar refractivity (Wildman–Crippen MR) is 217 cm³/mol. The van der Waals surface area contributed by atoms with Crippen LogP contribution in [0.5, 0.6) is 0 Å². The van der Waals surface area contributed by atoms with Gasteiger partial charge in [-0.2, -0.15) is 0 Å². The van der Waals surface area contributed by atoms with Gasteiger partial charge in [-0.25, -0.2) is 19.0 Å². The van der Waals surface area contributed by atoms with E-state index in [9.17, 15) is 33.9 Å². The summed E-state index contributed by atoms with van der Waals surface area (Å²) in [5.41, 5.74) is 8.45. The van der Waals surface area contributed by atoms with Gasteiger partial charge in [0.15, 0.2) is 5.60 Å². The highest BCUT2D eigenvalue weighted by atomic mass is 19.1. The summed E-state index contributed by atoms with van der Waals surface area (Å²) in [5.74, 6) is -2.84. The summed E-state index contributed by atoms with van der Waals surface area (Å²) in [6.07, 6.45) is -0.888. The molecule has 4 heterocycles. The number of rotatable bonds is 11. The van der Waals surface area contributed by atoms with Crippen LogP contribution in [0.3, 0.4) is 0 Å². The lowest BCUT2D eigenvalue weighted by Gasteiger charge is -2.31. The zero-order valence-electron chi connectivity index (χ0n) is 34.2. The maximum absolute atomic E-state index is 15.4. The van der Waals surface area contributed by atoms with Crippen LogP contribution in [0.1, 0.15) is 98.6 Å². The second-order valence-corrected chi connectivity index (χ2v) is 15.9. The number of anilines is 1. The molecule has 0 saturated heterocycles. The first-order valence-electron chi connectivity index (χ1n) is 19.9. The highest BCUT2D eigenvalue weighted by molar-refractivity contribution is 5.98. The molecule has 60 heavy (non-hydrogen) atoms. The van der Waals surface area contributed by atoms with Crippen molar-refractivity contribution >= 4 is 46.4 Å². The zero-order chi connectivity index (χ0) is 43.4. The number of carbonyl (C=O) groups excluding carboxylic acids is 5. The number of aryl methyl sites for hydroxylation is 1. The summed E-state index contributed by atoms with van der Waals surface area (Å²) in [6, 6.07) is 7.07. The minimum Gasteiger partial charge on any atom is -0.458 e. The number of esters is 1. The Hall–Kier alpha value is -6.20. The van der Waals surface area contributed by atoms with Crippen molar-refractivity contribution in [2.75, 3.05) is 11.9 Å². The standard InChI is InChI=1S/C43H48FN7O9/c1-7-43(58)28-14-32-37-26(17-51(32)40(55)27(28)18-59-41(43)56)35-30(13-12-25-20(4)29(44)15-31(49-37)34(25)35)50-42(57)60-33(16-45)23-8-10-24(11-9-23)48-38(53)21(5)46-39(54)36(19(2)3)47-22(6)52/h8-11,14-15,19,21,30,33,36,58H,7,12-13,16-18,45H2,1-6H3,(H,46,54)(H,47,52)(H,48,53)(H,50,57)/t21-,30-,33-,36-,43-/m0/s1. The number of benzene rings is 2. The number of nitrogens with zero attached hydrogens (tertiary/aromatic N) is 2. The maximum atomic E-state index is 15.4. The van der Waals surface area contributed by atoms with Gasteiger partial charge in [0.05, 0.1) is 35.1 Å². The molecule has 0 radical (unpaired) electrons. The largest absolute Gasteiger partial charge is 0.458 e. The predicted octanol–water partition coefficient (Wildman–Crippen LogP) is 3.54. The molecule has 0 unspecified atom stereocenters. The molecule has 1 aliphatic carbocycles. The third-order valence-corrected chi connectivity index (χ3v) is 11.7. The van der Waals surface area contributed by atoms with Gasteiger partial charge in [-0.3, -0.25) is 19.2 Å². The average Bonchev–Trinajstić information content (AvgIpc) is 3.58. The molecule has 7 N–H and O–H groups in total. The highest BCUT2D eigenvalue weighted by Crippen LogP contribution is 2.46. The number of hydrogen-bond donors (Lipinski definition) is 6. The van der Waals surface area contributed by atoms with E-state index in [1.807, 2.05) is 0 Å². The summed E-state index contributed by atoms with van der Waals surface area (Å²) in [7, 11) is 0. The number of ether oxygens (including phenoxy) is 2. The van der Waals surface area contributed by atoms with Crippen molar-refractivity contribution < 1.29 is 42.9 Å². The van der Waals surface area contributed by atoms with Gasteiger partial charge in [-0.15, -0.1) is 0 Å². The Morgan fingerprint density at radius 1 is 1.07 bits per heavy atom. The van der Waals surface area contributed by atoms with E-state index >= 15 is 4.39 Å². The first-order chi connectivity index (χ1) is 28.5. The van der Waals surface area contributed by atoms with Crippen LogP contribution in [0.25, 0.3) is 22.3 Å². The molecule has 0 spiro atoms. The van der Waals surface area contributed by atoms with E-state index in [-0.39, 0.29) is 49.1 Å². The molecule has 16 nitrogen and oxygen atoms in total. The molecular formula is C43H48FN7O9. The molecule has 4 amide bonds. The second kappa shape index (κ2) is 16.1. The number of cyclic esters (lactones) is 1. The van der Waals surface area contributed by atoms with Crippen molar-refractivity contribution in [3.63, 3.8) is 0 Å². The highest BCUT2D eigenvalue weighted by Gasteiger charge is 2.46. The van der Waals surface area contributed by atoms with E-state index in [4.69, 9.17) is 20.2 Å². The summed E-state index contributed by atoms with van der Waals surface area (Å²) in [6.45, 7) is 9.41. The SMILES string of the molecule is CC[C@@]1(O)C(=O)OCc2c1cc1n(c2=O)Cc2c-1nc1cc(F)c(C)c3c1c2[C@@H](NC(=O)O[C@@H](CN)c1ccc(NC(=O)[C@H](C)NC(=O)[C@@H](NC(C)=O)C(C)C)cc1)CC3. The van der Waals surface area contributed by atoms with E-state index in [1.54, 1.807) is 58.0 Å². The number of carbonyl (C=O) groups is 5. The van der Waals surface area contributed by atoms with Gasteiger partial charge in [0, 0.05) is 41.7 Å². The first-order valence-corrected chi connectivity index (χ1v) is 19.9. The molecule has 2 aromatic heterocycles. The van der Waals surface area contributed by atoms with Gasteiger partial charge in [0.1, 0.15) is 30.6 Å². The number of hydrogen-bond acceptors (Lipinski definition) is 11. The fraction of sp³-hybridized carbons (Fsp3) is 0.419. The number of alkyl carbamates (subject to hydrolysis) is 1. The summed E-state index contributed by atoms with van der Waals surface area (Å²) in [4.78, 5) is 82.5. The molecule has 3 aliphatic rings. The molecule has 0 saturated carbocycles. The quantitative estimate of drug-likeness (QED) is 0.105. The van der Waals surface area contributed by atoms with Crippen molar-refractivity contribution in [3.05, 3.63) is 91.5 Å². The fourth-order valence-electron chi connectivity index (χ4n) is 8.41. The van der Waals surface area contributed by atoms with Crippen LogP contribution in [-0.2, 0) is 53.8 Å². The number of nitrogens with two attached hydrogens (primary N) is 1. The van der Waals surface area contributed by atoms with Crippen LogP contribution >= 0.6 is 0 Å². The molecule has 0 bridgehead atoms. The molecule has 7 rings (SSSR count). The molecule has 316 valence electrons. The van der Waals surface area contributed by atoms with Crippen LogP contribution in [-0.4, -0.2) is 63.1 Å². The number of aliphatic hydroxyl groups is 1. The van der Waals surface area contributed by atoms with E-state index in [0.29, 0.717) is 63.1 Å². The van der Waals surface area contributed by atoms with Gasteiger partial charge in [-0.1, -0.05) is 32.9 Å². The smallest absolute Gasteiger partial charge is 0.408 e. The van der Waals surface area contributed by atoms with Gasteiger partial charge >= 0.3 is 12.1 Å². The number of nitrogens with one attached hydrogen (secondary N) is 4. The van der Waals surface area contributed by atoms with Crippen LogP contribution in [0.2, 0.25) is 0 Å². The number of aromatic nitrogens is 2. The Morgan fingerprint density at radius 3 is 2.43 bits per heavy atom. The first kappa shape index (κ1) is 41.9. The minimum absolute atomic E-state index is 0.0281. The average molecular weight is 826 g/mol. The molecule has 0 fully saturated rings. The zero-order valence-corrected chi connectivity index (χ0v) is 34.2. The normalized spacial score (nSPS) is 19.0. The Kier molecular flexibility index (Phi) is 11.3. The number of pyridine rings is 2. The van der Waals surface area contributed by atoms with Crippen molar-refractivity contribution in [1.29, 1.82) is 0 Å². The van der Waals surface area contributed by atoms with Crippen LogP contribution < -0.4 is 32.6 Å². The maximum Gasteiger partial charge on any atom is 0.408 e. The van der Waals surface area contributed by atoms with Gasteiger partial charge in [0.2, 0.25) is 17.7 Å². The summed E-state index contributed by atoms with van der Waals surface area (Å²) in [5, 5.41) is 23.0. The number of halogens is 1. The van der Waals surface area contributed by atoms with Crippen LogP contribution in [0, 0.1) is 18.7 Å². The van der Waals surface area contributed by atoms with Crippen molar-refractivity contribution in [3.8, 4) is 11.4 Å². The molecule has 17 heteroatoms. The van der Waals surface area contributed by atoms with Crippen molar-refractivity contribution in [2.24, 2.45) is 11.7 Å². The lowest BCUT2D eigenvalue weighted by molar-refractivity contribution is -0.172. The van der Waals surface area contributed by atoms with E-state index < -0.39 is 65.1 Å². The molecular weight excluding hydrogens is 778 g/mol. The monoisotopic (exact) mass is 825 g/mol. The lowest BCUT2D eigenvalue weighted by Crippen LogP contribution is -2.53. The minimum atomic E-state index is -2.03. The van der Waals surface area contributed by atoms with Crippen molar-refractivity contribution in [2.45, 2.75) is 104 Å². The van der Waals surface area contributed by atoms with E-state index in [0.717, 1.165) is 5.56 Å². The van der Waals surface area contributed by atoms with E-state index in [1.165, 1.54) is 24.5 Å². The Bertz CT molecular complexity index is 2520. The van der Waals surface area contributed by atoms with Crippen LogP contribution in [0.4, 0.5) is 14.9 Å². The van der Waals surface area contributed by atoms with Crippen LogP contribution in [0.15, 0.2) is 41.2 Å². The second-order valence-electron chi connectivity index (χ2n) is 15.9. The fourth-order valence-corrected chi connectivity index (χ4v) is 8.41. The Labute approximate surface area is 344 Å². The van der Waals surface area contributed by atoms with E-state index in [2.05, 4.69) is 21.3 Å². The van der Waals surface area contributed by atoms with Gasteiger partial charge in [0.25, 0.3) is 5.56 Å².